The van der Waals surface area contributed by atoms with Crippen LogP contribution >= 0.6 is 11.6 Å². The first-order valence-electron chi connectivity index (χ1n) is 8.78. The average molecular weight is 355 g/mol. The molecule has 0 amide bonds. The predicted molar refractivity (Wildman–Crippen MR) is 102 cm³/mol. The average Bonchev–Trinajstić information content (AvgIpc) is 2.47. The SMILES string of the molecule is CC(C)(CCCC1CCN(c2ccc(Cl)nc2)CC1)[Si](C)(C)O. The van der Waals surface area contributed by atoms with Gasteiger partial charge in [-0.1, -0.05) is 38.3 Å². The fourth-order valence-electron chi connectivity index (χ4n) is 3.17. The Morgan fingerprint density at radius 2 is 1.96 bits per heavy atom. The van der Waals surface area contributed by atoms with Gasteiger partial charge in [-0.15, -0.1) is 0 Å². The van der Waals surface area contributed by atoms with Gasteiger partial charge in [0.1, 0.15) is 5.15 Å². The van der Waals surface area contributed by atoms with Crippen LogP contribution in [0.1, 0.15) is 46.0 Å². The van der Waals surface area contributed by atoms with Gasteiger partial charge < -0.3 is 9.70 Å². The van der Waals surface area contributed by atoms with Crippen LogP contribution in [0.4, 0.5) is 5.69 Å². The van der Waals surface area contributed by atoms with Crippen LogP contribution in [0.3, 0.4) is 0 Å². The first-order valence-corrected chi connectivity index (χ1v) is 12.1. The number of anilines is 1. The minimum atomic E-state index is -2.06. The van der Waals surface area contributed by atoms with Crippen LogP contribution < -0.4 is 4.90 Å². The minimum Gasteiger partial charge on any atom is -0.432 e. The van der Waals surface area contributed by atoms with E-state index in [2.05, 4.69) is 42.9 Å². The van der Waals surface area contributed by atoms with Crippen molar-refractivity contribution in [3.63, 3.8) is 0 Å². The molecule has 0 bridgehead atoms. The molecular weight excluding hydrogens is 324 g/mol. The van der Waals surface area contributed by atoms with E-state index < -0.39 is 8.32 Å². The molecule has 23 heavy (non-hydrogen) atoms. The third-order valence-electron chi connectivity index (χ3n) is 5.76. The van der Waals surface area contributed by atoms with Crippen molar-refractivity contribution in [1.82, 2.24) is 4.98 Å². The molecule has 1 fully saturated rings. The van der Waals surface area contributed by atoms with E-state index in [1.807, 2.05) is 12.3 Å². The number of halogens is 1. The van der Waals surface area contributed by atoms with Gasteiger partial charge in [0.15, 0.2) is 8.32 Å². The van der Waals surface area contributed by atoms with Gasteiger partial charge in [-0.3, -0.25) is 0 Å². The summed E-state index contributed by atoms with van der Waals surface area (Å²) in [4.78, 5) is 17.0. The molecule has 1 aromatic rings. The van der Waals surface area contributed by atoms with Crippen LogP contribution in [0.25, 0.3) is 0 Å². The molecule has 0 unspecified atom stereocenters. The van der Waals surface area contributed by atoms with E-state index in [0.29, 0.717) is 5.15 Å². The monoisotopic (exact) mass is 354 g/mol. The molecule has 0 spiro atoms. The molecule has 130 valence electrons. The second kappa shape index (κ2) is 7.54. The zero-order valence-electron chi connectivity index (χ0n) is 15.0. The second-order valence-corrected chi connectivity index (χ2v) is 13.0. The molecule has 1 aliphatic rings. The molecule has 0 aliphatic carbocycles. The van der Waals surface area contributed by atoms with Crippen LogP contribution in [0.2, 0.25) is 23.3 Å². The molecule has 3 nitrogen and oxygen atoms in total. The Kier molecular flexibility index (Phi) is 6.14. The maximum absolute atomic E-state index is 10.4. The summed E-state index contributed by atoms with van der Waals surface area (Å²) in [5.74, 6) is 0.825. The summed E-state index contributed by atoms with van der Waals surface area (Å²) >= 11 is 5.86. The highest BCUT2D eigenvalue weighted by atomic mass is 35.5. The van der Waals surface area contributed by atoms with Crippen LogP contribution in [0.5, 0.6) is 0 Å². The topological polar surface area (TPSA) is 36.4 Å². The van der Waals surface area contributed by atoms with Crippen molar-refractivity contribution in [3.8, 4) is 0 Å². The van der Waals surface area contributed by atoms with Crippen LogP contribution in [0, 0.1) is 5.92 Å². The maximum atomic E-state index is 10.4. The molecule has 5 heteroatoms. The highest BCUT2D eigenvalue weighted by molar-refractivity contribution is 6.72. The molecule has 2 rings (SSSR count). The molecule has 0 radical (unpaired) electrons. The third-order valence-corrected chi connectivity index (χ3v) is 9.55. The number of rotatable bonds is 6. The van der Waals surface area contributed by atoms with Crippen molar-refractivity contribution in [3.05, 3.63) is 23.5 Å². The van der Waals surface area contributed by atoms with E-state index in [4.69, 9.17) is 11.6 Å². The van der Waals surface area contributed by atoms with Crippen LogP contribution in [0.15, 0.2) is 18.3 Å². The van der Waals surface area contributed by atoms with Gasteiger partial charge in [0.25, 0.3) is 0 Å². The lowest BCUT2D eigenvalue weighted by Gasteiger charge is -2.36. The third kappa shape index (κ3) is 5.20. The minimum absolute atomic E-state index is 0.114. The second-order valence-electron chi connectivity index (χ2n) is 8.10. The van der Waals surface area contributed by atoms with Crippen molar-refractivity contribution in [2.24, 2.45) is 5.92 Å². The standard InChI is InChI=1S/C18H31ClN2OSi/c1-18(2,23(3,4)22)11-5-6-15-9-12-21(13-10-15)16-7-8-17(19)20-14-16/h7-8,14-15,22H,5-6,9-13H2,1-4H3. The van der Waals surface area contributed by atoms with E-state index in [0.717, 1.165) is 25.4 Å². The molecule has 1 aliphatic heterocycles. The Morgan fingerprint density at radius 1 is 1.30 bits per heavy atom. The van der Waals surface area contributed by atoms with Crippen molar-refractivity contribution < 1.29 is 4.80 Å². The van der Waals surface area contributed by atoms with Gasteiger partial charge in [0.05, 0.1) is 11.9 Å². The number of hydrogen-bond acceptors (Lipinski definition) is 3. The largest absolute Gasteiger partial charge is 0.432 e. The number of hydrogen-bond donors (Lipinski definition) is 1. The number of aromatic nitrogens is 1. The summed E-state index contributed by atoms with van der Waals surface area (Å²) < 4.78 is 0. The Bertz CT molecular complexity index is 491. The normalized spacial score (nSPS) is 17.6. The van der Waals surface area contributed by atoms with Gasteiger partial charge >= 0.3 is 0 Å². The van der Waals surface area contributed by atoms with E-state index in [9.17, 15) is 4.80 Å². The first kappa shape index (κ1) is 18.8. The highest BCUT2D eigenvalue weighted by Crippen LogP contribution is 2.41. The lowest BCUT2D eigenvalue weighted by Crippen LogP contribution is -2.39. The zero-order chi connectivity index (χ0) is 17.1. The summed E-state index contributed by atoms with van der Waals surface area (Å²) in [6.07, 6.45) is 8.05. The van der Waals surface area contributed by atoms with Crippen molar-refractivity contribution in [2.75, 3.05) is 18.0 Å². The summed E-state index contributed by atoms with van der Waals surface area (Å²) in [6.45, 7) is 10.8. The quantitative estimate of drug-likeness (QED) is 0.570. The van der Waals surface area contributed by atoms with Crippen molar-refractivity contribution >= 4 is 25.6 Å². The highest BCUT2D eigenvalue weighted by Gasteiger charge is 2.37. The molecule has 0 aromatic carbocycles. The molecule has 2 heterocycles. The van der Waals surface area contributed by atoms with Gasteiger partial charge in [-0.05, 0) is 55.4 Å². The first-order chi connectivity index (χ1) is 10.7. The Hall–Kier alpha value is -0.583. The van der Waals surface area contributed by atoms with Gasteiger partial charge in [-0.25, -0.2) is 4.98 Å². The summed E-state index contributed by atoms with van der Waals surface area (Å²) in [7, 11) is -2.06. The maximum Gasteiger partial charge on any atom is 0.188 e. The molecular formula is C18H31ClN2OSi. The Labute approximate surface area is 147 Å². The van der Waals surface area contributed by atoms with Crippen molar-refractivity contribution in [1.29, 1.82) is 0 Å². The van der Waals surface area contributed by atoms with Crippen LogP contribution in [-0.2, 0) is 0 Å². The lowest BCUT2D eigenvalue weighted by molar-refractivity contribution is 0.351. The summed E-state index contributed by atoms with van der Waals surface area (Å²) in [5, 5.41) is 0.671. The number of pyridine rings is 1. The molecule has 1 N–H and O–H groups in total. The lowest BCUT2D eigenvalue weighted by atomic mass is 9.90. The molecule has 1 saturated heterocycles. The smallest absolute Gasteiger partial charge is 0.188 e. The van der Waals surface area contributed by atoms with E-state index in [1.54, 1.807) is 0 Å². The Balaban J connectivity index is 1.74. The number of piperidine rings is 1. The molecule has 0 atom stereocenters. The van der Waals surface area contributed by atoms with E-state index in [-0.39, 0.29) is 5.04 Å². The van der Waals surface area contributed by atoms with Crippen molar-refractivity contribution in [2.45, 2.75) is 64.1 Å². The number of nitrogens with zero attached hydrogens (tertiary/aromatic N) is 2. The van der Waals surface area contributed by atoms with E-state index in [1.165, 1.54) is 31.4 Å². The van der Waals surface area contributed by atoms with E-state index >= 15 is 0 Å². The van der Waals surface area contributed by atoms with Gasteiger partial charge in [0, 0.05) is 13.1 Å². The molecule has 1 aromatic heterocycles. The Morgan fingerprint density at radius 3 is 2.48 bits per heavy atom. The fourth-order valence-corrected chi connectivity index (χ4v) is 4.07. The summed E-state index contributed by atoms with van der Waals surface area (Å²) in [6, 6.07) is 3.93. The van der Waals surface area contributed by atoms with Crippen LogP contribution in [-0.4, -0.2) is 31.2 Å². The van der Waals surface area contributed by atoms with Gasteiger partial charge in [0.2, 0.25) is 0 Å². The van der Waals surface area contributed by atoms with Gasteiger partial charge in [-0.2, -0.15) is 0 Å². The molecule has 0 saturated carbocycles. The summed E-state index contributed by atoms with van der Waals surface area (Å²) in [5.41, 5.74) is 1.18. The fraction of sp³-hybridized carbons (Fsp3) is 0.722. The zero-order valence-corrected chi connectivity index (χ0v) is 16.7. The predicted octanol–water partition coefficient (Wildman–Crippen LogP) is 5.10.